The topological polar surface area (TPSA) is 84.7 Å². The Labute approximate surface area is 125 Å². The Kier molecular flexibility index (Phi) is 7.08. The zero-order chi connectivity index (χ0) is 15.7. The molecular formula is C15H23N3O3. The number of para-hydroxylation sites is 1. The summed E-state index contributed by atoms with van der Waals surface area (Å²) in [7, 11) is 1.49. The van der Waals surface area contributed by atoms with E-state index in [2.05, 4.69) is 5.32 Å². The van der Waals surface area contributed by atoms with Gasteiger partial charge >= 0.3 is 6.03 Å². The van der Waals surface area contributed by atoms with Gasteiger partial charge in [0.25, 0.3) is 0 Å². The number of nitrogens with one attached hydrogen (secondary N) is 1. The van der Waals surface area contributed by atoms with Crippen molar-refractivity contribution in [2.45, 2.75) is 19.8 Å². The molecule has 6 nitrogen and oxygen atoms in total. The van der Waals surface area contributed by atoms with Crippen molar-refractivity contribution < 1.29 is 14.3 Å². The van der Waals surface area contributed by atoms with Crippen LogP contribution in [0.15, 0.2) is 24.3 Å². The molecule has 0 spiro atoms. The lowest BCUT2D eigenvalue weighted by Gasteiger charge is -2.14. The molecule has 116 valence electrons. The highest BCUT2D eigenvalue weighted by molar-refractivity contribution is 5.83. The summed E-state index contributed by atoms with van der Waals surface area (Å²) in [6, 6.07) is 7.26. The Hall–Kier alpha value is -2.24. The minimum atomic E-state index is -0.615. The number of carbonyl (C=O) groups is 2. The molecule has 0 heterocycles. The molecule has 3 amide bonds. The Balaban J connectivity index is 2.31. The van der Waals surface area contributed by atoms with E-state index in [4.69, 9.17) is 10.5 Å². The second-order valence-electron chi connectivity index (χ2n) is 4.69. The van der Waals surface area contributed by atoms with Gasteiger partial charge in [-0.2, -0.15) is 0 Å². The maximum Gasteiger partial charge on any atom is 0.314 e. The minimum Gasteiger partial charge on any atom is -0.494 e. The van der Waals surface area contributed by atoms with Gasteiger partial charge in [0.2, 0.25) is 5.91 Å². The number of benzene rings is 1. The van der Waals surface area contributed by atoms with Gasteiger partial charge in [0.1, 0.15) is 12.3 Å². The number of hydrogen-bond acceptors (Lipinski definition) is 3. The van der Waals surface area contributed by atoms with Crippen molar-refractivity contribution >= 4 is 11.9 Å². The molecule has 1 aromatic carbocycles. The number of urea groups is 1. The third-order valence-electron chi connectivity index (χ3n) is 2.97. The van der Waals surface area contributed by atoms with Gasteiger partial charge in [-0.15, -0.1) is 0 Å². The average molecular weight is 293 g/mol. The lowest BCUT2D eigenvalue weighted by molar-refractivity contribution is -0.121. The van der Waals surface area contributed by atoms with Crippen LogP contribution in [0.4, 0.5) is 4.79 Å². The molecule has 0 saturated heterocycles. The van der Waals surface area contributed by atoms with Crippen molar-refractivity contribution in [2.24, 2.45) is 5.73 Å². The van der Waals surface area contributed by atoms with E-state index in [1.807, 2.05) is 31.2 Å². The minimum absolute atomic E-state index is 0.0230. The number of nitrogens with zero attached hydrogens (tertiary/aromatic N) is 1. The van der Waals surface area contributed by atoms with E-state index >= 15 is 0 Å². The van der Waals surface area contributed by atoms with E-state index in [0.29, 0.717) is 13.2 Å². The largest absolute Gasteiger partial charge is 0.494 e. The second-order valence-corrected chi connectivity index (χ2v) is 4.69. The number of primary amides is 1. The fourth-order valence-electron chi connectivity index (χ4n) is 1.86. The number of amides is 3. The van der Waals surface area contributed by atoms with Crippen molar-refractivity contribution in [1.29, 1.82) is 0 Å². The maximum atomic E-state index is 11.6. The average Bonchev–Trinajstić information content (AvgIpc) is 2.45. The monoisotopic (exact) mass is 293 g/mol. The van der Waals surface area contributed by atoms with Gasteiger partial charge in [0.15, 0.2) is 0 Å². The number of nitrogens with two attached hydrogens (primary N) is 1. The number of rotatable bonds is 8. The zero-order valence-electron chi connectivity index (χ0n) is 12.6. The summed E-state index contributed by atoms with van der Waals surface area (Å²) in [5, 5.41) is 2.76. The molecule has 0 aromatic heterocycles. The summed E-state index contributed by atoms with van der Waals surface area (Å²) >= 11 is 0. The first-order valence-corrected chi connectivity index (χ1v) is 7.02. The van der Waals surface area contributed by atoms with Crippen LogP contribution in [0, 0.1) is 0 Å². The molecule has 0 unspecified atom stereocenters. The molecular weight excluding hydrogens is 270 g/mol. The summed E-state index contributed by atoms with van der Waals surface area (Å²) in [5.74, 6) is 0.675. The predicted molar refractivity (Wildman–Crippen MR) is 81.2 cm³/mol. The molecule has 6 heteroatoms. The van der Waals surface area contributed by atoms with E-state index < -0.39 is 6.03 Å². The summed E-state index contributed by atoms with van der Waals surface area (Å²) < 4.78 is 5.55. The van der Waals surface area contributed by atoms with Crippen LogP contribution in [0.5, 0.6) is 5.75 Å². The van der Waals surface area contributed by atoms with Crippen molar-refractivity contribution in [2.75, 3.05) is 26.7 Å². The highest BCUT2D eigenvalue weighted by atomic mass is 16.5. The van der Waals surface area contributed by atoms with Gasteiger partial charge in [0, 0.05) is 13.6 Å². The number of hydrogen-bond donors (Lipinski definition) is 2. The number of ether oxygens (including phenoxy) is 1. The lowest BCUT2D eigenvalue weighted by Crippen LogP contribution is -2.41. The molecule has 0 saturated carbocycles. The normalized spacial score (nSPS) is 10.0. The van der Waals surface area contributed by atoms with E-state index in [-0.39, 0.29) is 12.5 Å². The van der Waals surface area contributed by atoms with Gasteiger partial charge in [0.05, 0.1) is 6.61 Å². The lowest BCUT2D eigenvalue weighted by atomic mass is 10.1. The number of aryl methyl sites for hydroxylation is 1. The highest BCUT2D eigenvalue weighted by Gasteiger charge is 2.09. The third-order valence-corrected chi connectivity index (χ3v) is 2.97. The van der Waals surface area contributed by atoms with Gasteiger partial charge in [-0.1, -0.05) is 18.2 Å². The Bertz CT molecular complexity index is 477. The molecule has 0 radical (unpaired) electrons. The zero-order valence-corrected chi connectivity index (χ0v) is 12.6. The van der Waals surface area contributed by atoms with Crippen LogP contribution >= 0.6 is 0 Å². The molecule has 0 aliphatic carbocycles. The highest BCUT2D eigenvalue weighted by Crippen LogP contribution is 2.19. The smallest absolute Gasteiger partial charge is 0.314 e. The van der Waals surface area contributed by atoms with E-state index in [1.165, 1.54) is 11.9 Å². The van der Waals surface area contributed by atoms with Gasteiger partial charge in [-0.05, 0) is 31.4 Å². The van der Waals surface area contributed by atoms with Gasteiger partial charge in [-0.3, -0.25) is 4.79 Å². The summed E-state index contributed by atoms with van der Waals surface area (Å²) in [4.78, 5) is 23.5. The van der Waals surface area contributed by atoms with Crippen molar-refractivity contribution in [3.05, 3.63) is 29.8 Å². The molecule has 0 aliphatic rings. The fourth-order valence-corrected chi connectivity index (χ4v) is 1.86. The first-order chi connectivity index (χ1) is 10.0. The number of carbonyl (C=O) groups excluding carboxylic acids is 2. The quantitative estimate of drug-likeness (QED) is 0.705. The molecule has 1 rings (SSSR count). The summed E-state index contributed by atoms with van der Waals surface area (Å²) in [6.45, 7) is 3.11. The van der Waals surface area contributed by atoms with Crippen LogP contribution in [0.1, 0.15) is 18.9 Å². The molecule has 1 aromatic rings. The molecule has 0 aliphatic heterocycles. The molecule has 0 fully saturated rings. The third kappa shape index (κ3) is 6.16. The van der Waals surface area contributed by atoms with E-state index in [9.17, 15) is 9.59 Å². The van der Waals surface area contributed by atoms with Gasteiger partial charge < -0.3 is 20.7 Å². The molecule has 0 atom stereocenters. The van der Waals surface area contributed by atoms with E-state index in [0.717, 1.165) is 24.2 Å². The molecule has 3 N–H and O–H groups in total. The van der Waals surface area contributed by atoms with Crippen LogP contribution in [-0.4, -0.2) is 43.6 Å². The van der Waals surface area contributed by atoms with Crippen LogP contribution in [0.25, 0.3) is 0 Å². The Morgan fingerprint density at radius 1 is 1.33 bits per heavy atom. The van der Waals surface area contributed by atoms with Crippen LogP contribution in [0.3, 0.4) is 0 Å². The molecule has 0 bridgehead atoms. The second kappa shape index (κ2) is 8.84. The fraction of sp³-hybridized carbons (Fsp3) is 0.467. The van der Waals surface area contributed by atoms with Crippen LogP contribution < -0.4 is 15.8 Å². The van der Waals surface area contributed by atoms with Crippen LogP contribution in [0.2, 0.25) is 0 Å². The SMILES string of the molecule is CCOc1ccccc1CCCNC(=O)CN(C)C(N)=O. The Morgan fingerprint density at radius 3 is 2.71 bits per heavy atom. The van der Waals surface area contributed by atoms with Gasteiger partial charge in [-0.25, -0.2) is 4.79 Å². The summed E-state index contributed by atoms with van der Waals surface area (Å²) in [5.41, 5.74) is 6.18. The standard InChI is InChI=1S/C15H23N3O3/c1-3-21-13-9-5-4-7-12(13)8-6-10-17-14(19)11-18(2)15(16)20/h4-5,7,9H,3,6,8,10-11H2,1-2H3,(H2,16,20)(H,17,19). The number of likely N-dealkylation sites (N-methyl/N-ethyl adjacent to an activating group) is 1. The van der Waals surface area contributed by atoms with Crippen molar-refractivity contribution in [3.63, 3.8) is 0 Å². The maximum absolute atomic E-state index is 11.6. The van der Waals surface area contributed by atoms with Crippen LogP contribution in [-0.2, 0) is 11.2 Å². The first-order valence-electron chi connectivity index (χ1n) is 7.02. The van der Waals surface area contributed by atoms with Crippen molar-refractivity contribution in [3.8, 4) is 5.75 Å². The predicted octanol–water partition coefficient (Wildman–Crippen LogP) is 1.14. The summed E-state index contributed by atoms with van der Waals surface area (Å²) in [6.07, 6.45) is 1.62. The van der Waals surface area contributed by atoms with E-state index in [1.54, 1.807) is 0 Å². The first kappa shape index (κ1) is 16.8. The van der Waals surface area contributed by atoms with Crippen molar-refractivity contribution in [1.82, 2.24) is 10.2 Å². The molecule has 21 heavy (non-hydrogen) atoms. The Morgan fingerprint density at radius 2 is 2.05 bits per heavy atom.